The average molecular weight is 407 g/mol. The normalized spacial score (nSPS) is 10.6. The summed E-state index contributed by atoms with van der Waals surface area (Å²) in [5.41, 5.74) is 1.53. The molecule has 7 nitrogen and oxygen atoms in total. The van der Waals surface area contributed by atoms with Gasteiger partial charge >= 0.3 is 0 Å². The molecule has 8 heteroatoms. The van der Waals surface area contributed by atoms with Crippen LogP contribution in [0.25, 0.3) is 0 Å². The van der Waals surface area contributed by atoms with Gasteiger partial charge in [0.15, 0.2) is 0 Å². The molecule has 0 saturated carbocycles. The zero-order valence-electron chi connectivity index (χ0n) is 15.4. The van der Waals surface area contributed by atoms with Crippen molar-refractivity contribution in [2.75, 3.05) is 17.1 Å². The van der Waals surface area contributed by atoms with Crippen molar-refractivity contribution in [2.24, 2.45) is 0 Å². The molecular weight excluding hydrogens is 390 g/mol. The highest BCUT2D eigenvalue weighted by atomic mass is 32.2. The van der Waals surface area contributed by atoms with Gasteiger partial charge in [-0.05, 0) is 66.7 Å². The highest BCUT2D eigenvalue weighted by molar-refractivity contribution is 7.92. The predicted octanol–water partition coefficient (Wildman–Crippen LogP) is 3.62. The number of nitrogens with one attached hydrogen (secondary N) is 2. The summed E-state index contributed by atoms with van der Waals surface area (Å²) >= 11 is 0. The summed E-state index contributed by atoms with van der Waals surface area (Å²) in [5.74, 6) is 0.144. The van der Waals surface area contributed by atoms with Gasteiger partial charge in [-0.2, -0.15) is 5.26 Å². The van der Waals surface area contributed by atoms with Crippen molar-refractivity contribution in [2.45, 2.75) is 4.90 Å². The molecule has 0 aliphatic rings. The smallest absolute Gasteiger partial charge is 0.261 e. The van der Waals surface area contributed by atoms with Gasteiger partial charge in [-0.3, -0.25) is 9.52 Å². The van der Waals surface area contributed by atoms with Crippen LogP contribution in [0.1, 0.15) is 15.9 Å². The van der Waals surface area contributed by atoms with Gasteiger partial charge in [-0.15, -0.1) is 0 Å². The number of rotatable bonds is 6. The van der Waals surface area contributed by atoms with Gasteiger partial charge in [0.05, 0.1) is 23.6 Å². The fourth-order valence-electron chi connectivity index (χ4n) is 2.51. The Morgan fingerprint density at radius 1 is 0.966 bits per heavy atom. The Morgan fingerprint density at radius 3 is 2.24 bits per heavy atom. The first-order chi connectivity index (χ1) is 13.9. The van der Waals surface area contributed by atoms with E-state index in [-0.39, 0.29) is 10.5 Å². The van der Waals surface area contributed by atoms with E-state index in [9.17, 15) is 13.2 Å². The molecular formula is C21H17N3O4S. The molecule has 0 spiro atoms. The zero-order chi connectivity index (χ0) is 20.9. The summed E-state index contributed by atoms with van der Waals surface area (Å²) in [6.45, 7) is 0. The van der Waals surface area contributed by atoms with E-state index >= 15 is 0 Å². The standard InChI is InChI=1S/C21H17N3O4S/c1-28-19-11-9-18(10-12-19)24-29(26,27)20-4-2-3-16(13-20)21(25)23-17-7-5-15(14-22)6-8-17/h2-13,24H,1H3,(H,23,25). The van der Waals surface area contributed by atoms with Crippen molar-refractivity contribution >= 4 is 27.3 Å². The van der Waals surface area contributed by atoms with Gasteiger partial charge in [0.1, 0.15) is 5.75 Å². The molecule has 29 heavy (non-hydrogen) atoms. The van der Waals surface area contributed by atoms with Crippen LogP contribution in [0.4, 0.5) is 11.4 Å². The number of nitrogens with zero attached hydrogens (tertiary/aromatic N) is 1. The third-order valence-electron chi connectivity index (χ3n) is 4.02. The van der Waals surface area contributed by atoms with Crippen molar-refractivity contribution < 1.29 is 17.9 Å². The second-order valence-electron chi connectivity index (χ2n) is 6.01. The summed E-state index contributed by atoms with van der Waals surface area (Å²) in [6, 6.07) is 20.5. The number of benzene rings is 3. The van der Waals surface area contributed by atoms with E-state index in [0.29, 0.717) is 22.7 Å². The predicted molar refractivity (Wildman–Crippen MR) is 109 cm³/mol. The van der Waals surface area contributed by atoms with Crippen LogP contribution in [0.3, 0.4) is 0 Å². The molecule has 3 aromatic rings. The van der Waals surface area contributed by atoms with Crippen LogP contribution in [-0.2, 0) is 10.0 Å². The first-order valence-corrected chi connectivity index (χ1v) is 9.98. The van der Waals surface area contributed by atoms with Crippen LogP contribution in [0.15, 0.2) is 77.7 Å². The van der Waals surface area contributed by atoms with E-state index in [1.54, 1.807) is 48.5 Å². The number of hydrogen-bond acceptors (Lipinski definition) is 5. The van der Waals surface area contributed by atoms with Crippen molar-refractivity contribution in [1.29, 1.82) is 5.26 Å². The molecule has 0 radical (unpaired) electrons. The van der Waals surface area contributed by atoms with Gasteiger partial charge in [0.2, 0.25) is 0 Å². The molecule has 0 aliphatic heterocycles. The van der Waals surface area contributed by atoms with E-state index in [2.05, 4.69) is 10.0 Å². The van der Waals surface area contributed by atoms with Crippen LogP contribution in [0.2, 0.25) is 0 Å². The number of carbonyl (C=O) groups excluding carboxylic acids is 1. The van der Waals surface area contributed by atoms with E-state index in [1.165, 1.54) is 31.4 Å². The van der Waals surface area contributed by atoms with Gasteiger partial charge < -0.3 is 10.1 Å². The topological polar surface area (TPSA) is 108 Å². The molecule has 1 amide bonds. The minimum atomic E-state index is -3.88. The summed E-state index contributed by atoms with van der Waals surface area (Å²) in [7, 11) is -2.36. The second-order valence-corrected chi connectivity index (χ2v) is 7.69. The van der Waals surface area contributed by atoms with Gasteiger partial charge in [-0.25, -0.2) is 8.42 Å². The molecule has 0 heterocycles. The maximum Gasteiger partial charge on any atom is 0.261 e. The van der Waals surface area contributed by atoms with E-state index in [0.717, 1.165) is 0 Å². The zero-order valence-corrected chi connectivity index (χ0v) is 16.2. The summed E-state index contributed by atoms with van der Waals surface area (Å²) in [5, 5.41) is 11.5. The molecule has 3 rings (SSSR count). The van der Waals surface area contributed by atoms with Crippen molar-refractivity contribution in [3.63, 3.8) is 0 Å². The fraction of sp³-hybridized carbons (Fsp3) is 0.0476. The number of hydrogen-bond donors (Lipinski definition) is 2. The first kappa shape index (κ1) is 19.9. The number of ether oxygens (including phenoxy) is 1. The number of amides is 1. The fourth-order valence-corrected chi connectivity index (χ4v) is 3.61. The Kier molecular flexibility index (Phi) is 5.81. The Labute approximate surface area is 168 Å². The Hall–Kier alpha value is -3.83. The monoisotopic (exact) mass is 407 g/mol. The van der Waals surface area contributed by atoms with E-state index in [4.69, 9.17) is 10.00 Å². The number of methoxy groups -OCH3 is 1. The maximum atomic E-state index is 12.7. The molecule has 0 atom stereocenters. The SMILES string of the molecule is COc1ccc(NS(=O)(=O)c2cccc(C(=O)Nc3ccc(C#N)cc3)c2)cc1. The van der Waals surface area contributed by atoms with E-state index < -0.39 is 15.9 Å². The third kappa shape index (κ3) is 4.91. The Bertz CT molecular complexity index is 1170. The molecule has 0 bridgehead atoms. The van der Waals surface area contributed by atoms with Gasteiger partial charge in [0, 0.05) is 16.9 Å². The second kappa shape index (κ2) is 8.46. The van der Waals surface area contributed by atoms with E-state index in [1.807, 2.05) is 6.07 Å². The minimum Gasteiger partial charge on any atom is -0.497 e. The Balaban J connectivity index is 1.77. The summed E-state index contributed by atoms with van der Waals surface area (Å²) < 4.78 is 32.8. The highest BCUT2D eigenvalue weighted by Crippen LogP contribution is 2.20. The lowest BCUT2D eigenvalue weighted by molar-refractivity contribution is 0.102. The lowest BCUT2D eigenvalue weighted by Gasteiger charge is -2.10. The van der Waals surface area contributed by atoms with Gasteiger partial charge in [-0.1, -0.05) is 6.07 Å². The van der Waals surface area contributed by atoms with Crippen molar-refractivity contribution in [3.8, 4) is 11.8 Å². The van der Waals surface area contributed by atoms with Crippen LogP contribution < -0.4 is 14.8 Å². The number of sulfonamides is 1. The van der Waals surface area contributed by atoms with Crippen molar-refractivity contribution in [3.05, 3.63) is 83.9 Å². The average Bonchev–Trinajstić information content (AvgIpc) is 2.74. The molecule has 0 saturated heterocycles. The van der Waals surface area contributed by atoms with Crippen LogP contribution in [0.5, 0.6) is 5.75 Å². The van der Waals surface area contributed by atoms with Crippen LogP contribution >= 0.6 is 0 Å². The lowest BCUT2D eigenvalue weighted by atomic mass is 10.2. The first-order valence-electron chi connectivity index (χ1n) is 8.50. The molecule has 0 aromatic heterocycles. The number of anilines is 2. The van der Waals surface area contributed by atoms with Crippen LogP contribution in [-0.4, -0.2) is 21.4 Å². The van der Waals surface area contributed by atoms with Crippen LogP contribution in [0, 0.1) is 11.3 Å². The highest BCUT2D eigenvalue weighted by Gasteiger charge is 2.17. The lowest BCUT2D eigenvalue weighted by Crippen LogP contribution is -2.16. The molecule has 0 aliphatic carbocycles. The number of carbonyl (C=O) groups is 1. The minimum absolute atomic E-state index is 0.0409. The summed E-state index contributed by atoms with van der Waals surface area (Å²) in [4.78, 5) is 12.4. The largest absolute Gasteiger partial charge is 0.497 e. The summed E-state index contributed by atoms with van der Waals surface area (Å²) in [6.07, 6.45) is 0. The molecule has 146 valence electrons. The third-order valence-corrected chi connectivity index (χ3v) is 5.40. The molecule has 0 fully saturated rings. The van der Waals surface area contributed by atoms with Gasteiger partial charge in [0.25, 0.3) is 15.9 Å². The molecule has 3 aromatic carbocycles. The maximum absolute atomic E-state index is 12.7. The molecule has 0 unspecified atom stereocenters. The number of nitriles is 1. The Morgan fingerprint density at radius 2 is 1.62 bits per heavy atom. The van der Waals surface area contributed by atoms with Crippen molar-refractivity contribution in [1.82, 2.24) is 0 Å². The molecule has 2 N–H and O–H groups in total. The quantitative estimate of drug-likeness (QED) is 0.649.